The summed E-state index contributed by atoms with van der Waals surface area (Å²) in [5.41, 5.74) is 4.29. The van der Waals surface area contributed by atoms with Gasteiger partial charge in [-0.3, -0.25) is 10.1 Å². The van der Waals surface area contributed by atoms with Crippen LogP contribution in [0, 0.1) is 19.8 Å². The van der Waals surface area contributed by atoms with Crippen LogP contribution in [0.3, 0.4) is 0 Å². The second-order valence-corrected chi connectivity index (χ2v) is 6.78. The lowest BCUT2D eigenvalue weighted by atomic mass is 9.95. The normalized spacial score (nSPS) is 13.6. The third kappa shape index (κ3) is 4.45. The average Bonchev–Trinajstić information content (AvgIpc) is 2.56. The third-order valence-corrected chi connectivity index (χ3v) is 4.38. The molecule has 0 spiro atoms. The molecule has 2 rings (SSSR count). The zero-order chi connectivity index (χ0) is 17.7. The molecule has 0 aromatic heterocycles. The summed E-state index contributed by atoms with van der Waals surface area (Å²) in [6.07, 6.45) is 0. The Morgan fingerprint density at radius 1 is 0.875 bits per heavy atom. The van der Waals surface area contributed by atoms with E-state index < -0.39 is 0 Å². The fraction of sp³-hybridized carbons (Fsp3) is 0.381. The van der Waals surface area contributed by atoms with Crippen molar-refractivity contribution in [3.63, 3.8) is 0 Å². The zero-order valence-electron chi connectivity index (χ0n) is 15.3. The van der Waals surface area contributed by atoms with Crippen molar-refractivity contribution in [3.05, 3.63) is 65.2 Å². The minimum absolute atomic E-state index is 0.00557. The Labute approximate surface area is 145 Å². The Kier molecular flexibility index (Phi) is 6.16. The Balaban J connectivity index is 2.10. The van der Waals surface area contributed by atoms with E-state index in [0.29, 0.717) is 5.92 Å². The number of para-hydroxylation sites is 1. The predicted molar refractivity (Wildman–Crippen MR) is 101 cm³/mol. The van der Waals surface area contributed by atoms with Crippen LogP contribution >= 0.6 is 0 Å². The largest absolute Gasteiger partial charge is 0.324 e. The van der Waals surface area contributed by atoms with Gasteiger partial charge in [0.05, 0.1) is 6.04 Å². The standard InChI is InChI=1S/C21H28N2O/c1-14(2)19(18-12-7-6-8-13-18)22-17(5)21(24)23-20-15(3)10-9-11-16(20)4/h6-14,17,19,22H,1-5H3,(H,23,24)/t17-,19-/m1/s1. The lowest BCUT2D eigenvalue weighted by molar-refractivity contribution is -0.118. The van der Waals surface area contributed by atoms with Gasteiger partial charge in [0.1, 0.15) is 0 Å². The van der Waals surface area contributed by atoms with Gasteiger partial charge < -0.3 is 5.32 Å². The van der Waals surface area contributed by atoms with Gasteiger partial charge in [0.2, 0.25) is 5.91 Å². The number of anilines is 1. The topological polar surface area (TPSA) is 41.1 Å². The van der Waals surface area contributed by atoms with Gasteiger partial charge >= 0.3 is 0 Å². The first-order chi connectivity index (χ1) is 11.4. The molecule has 0 bridgehead atoms. The molecular formula is C21H28N2O. The molecule has 24 heavy (non-hydrogen) atoms. The fourth-order valence-electron chi connectivity index (χ4n) is 2.92. The molecule has 0 aliphatic carbocycles. The van der Waals surface area contributed by atoms with Gasteiger partial charge in [-0.1, -0.05) is 62.4 Å². The minimum atomic E-state index is -0.281. The average molecular weight is 324 g/mol. The van der Waals surface area contributed by atoms with E-state index in [4.69, 9.17) is 0 Å². The quantitative estimate of drug-likeness (QED) is 0.814. The van der Waals surface area contributed by atoms with Crippen LogP contribution in [-0.2, 0) is 4.79 Å². The van der Waals surface area contributed by atoms with Crippen LogP contribution < -0.4 is 10.6 Å². The molecule has 2 aromatic carbocycles. The van der Waals surface area contributed by atoms with Crippen LogP contribution in [0.4, 0.5) is 5.69 Å². The van der Waals surface area contributed by atoms with Gasteiger partial charge in [-0.05, 0) is 43.4 Å². The molecule has 0 saturated heterocycles. The highest BCUT2D eigenvalue weighted by atomic mass is 16.2. The van der Waals surface area contributed by atoms with Gasteiger partial charge in [-0.15, -0.1) is 0 Å². The molecule has 0 saturated carbocycles. The molecule has 0 heterocycles. The van der Waals surface area contributed by atoms with Gasteiger partial charge in [0.25, 0.3) is 0 Å². The van der Waals surface area contributed by atoms with Crippen molar-refractivity contribution in [1.82, 2.24) is 5.32 Å². The Morgan fingerprint density at radius 3 is 2.00 bits per heavy atom. The lowest BCUT2D eigenvalue weighted by Gasteiger charge is -2.27. The number of hydrogen-bond donors (Lipinski definition) is 2. The molecule has 3 nitrogen and oxygen atoms in total. The molecule has 0 radical (unpaired) electrons. The summed E-state index contributed by atoms with van der Waals surface area (Å²) >= 11 is 0. The van der Waals surface area contributed by atoms with E-state index in [1.54, 1.807) is 0 Å². The smallest absolute Gasteiger partial charge is 0.241 e. The number of nitrogens with one attached hydrogen (secondary N) is 2. The summed E-state index contributed by atoms with van der Waals surface area (Å²) in [5.74, 6) is 0.386. The molecule has 2 N–H and O–H groups in total. The van der Waals surface area contributed by atoms with Crippen molar-refractivity contribution in [3.8, 4) is 0 Å². The molecule has 0 fully saturated rings. The van der Waals surface area contributed by atoms with Crippen LogP contribution in [0.1, 0.15) is 43.5 Å². The van der Waals surface area contributed by atoms with Crippen molar-refractivity contribution in [2.45, 2.75) is 46.7 Å². The second kappa shape index (κ2) is 8.11. The monoisotopic (exact) mass is 324 g/mol. The maximum atomic E-state index is 12.6. The zero-order valence-corrected chi connectivity index (χ0v) is 15.3. The summed E-state index contributed by atoms with van der Waals surface area (Å²) in [6.45, 7) is 10.3. The highest BCUT2D eigenvalue weighted by Gasteiger charge is 2.22. The molecule has 0 unspecified atom stereocenters. The summed E-state index contributed by atoms with van der Waals surface area (Å²) < 4.78 is 0. The van der Waals surface area contributed by atoms with Crippen LogP contribution in [0.15, 0.2) is 48.5 Å². The minimum Gasteiger partial charge on any atom is -0.324 e. The lowest BCUT2D eigenvalue weighted by Crippen LogP contribution is -2.42. The summed E-state index contributed by atoms with van der Waals surface area (Å²) in [5, 5.41) is 6.55. The van der Waals surface area contributed by atoms with E-state index in [2.05, 4.69) is 36.6 Å². The number of benzene rings is 2. The molecule has 2 atom stereocenters. The van der Waals surface area contributed by atoms with Crippen molar-refractivity contribution in [2.75, 3.05) is 5.32 Å². The van der Waals surface area contributed by atoms with Gasteiger partial charge in [0.15, 0.2) is 0 Å². The fourth-order valence-corrected chi connectivity index (χ4v) is 2.92. The number of carbonyl (C=O) groups is 1. The number of carbonyl (C=O) groups excluding carboxylic acids is 1. The number of amides is 1. The van der Waals surface area contributed by atoms with E-state index in [0.717, 1.165) is 16.8 Å². The van der Waals surface area contributed by atoms with E-state index in [1.165, 1.54) is 5.56 Å². The van der Waals surface area contributed by atoms with Crippen LogP contribution in [0.25, 0.3) is 0 Å². The number of rotatable bonds is 6. The first-order valence-corrected chi connectivity index (χ1v) is 8.58. The summed E-state index contributed by atoms with van der Waals surface area (Å²) in [4.78, 5) is 12.6. The van der Waals surface area contributed by atoms with E-state index in [1.807, 2.05) is 57.2 Å². The van der Waals surface area contributed by atoms with Crippen LogP contribution in [0.5, 0.6) is 0 Å². The predicted octanol–water partition coefficient (Wildman–Crippen LogP) is 4.62. The molecule has 0 aliphatic rings. The molecular weight excluding hydrogens is 296 g/mol. The van der Waals surface area contributed by atoms with Gasteiger partial charge in [-0.2, -0.15) is 0 Å². The number of hydrogen-bond acceptors (Lipinski definition) is 2. The van der Waals surface area contributed by atoms with Gasteiger partial charge in [0, 0.05) is 11.7 Å². The SMILES string of the molecule is Cc1cccc(C)c1NC(=O)[C@@H](C)N[C@@H](c1ccccc1)C(C)C. The Hall–Kier alpha value is -2.13. The number of aryl methyl sites for hydroxylation is 2. The summed E-state index contributed by atoms with van der Waals surface area (Å²) in [6, 6.07) is 16.2. The first-order valence-electron chi connectivity index (χ1n) is 8.58. The highest BCUT2D eigenvalue weighted by molar-refractivity contribution is 5.95. The van der Waals surface area contributed by atoms with Crippen LogP contribution in [-0.4, -0.2) is 11.9 Å². The Bertz CT molecular complexity index is 659. The molecule has 2 aromatic rings. The summed E-state index contributed by atoms with van der Waals surface area (Å²) in [7, 11) is 0. The van der Waals surface area contributed by atoms with E-state index >= 15 is 0 Å². The van der Waals surface area contributed by atoms with E-state index in [-0.39, 0.29) is 18.0 Å². The van der Waals surface area contributed by atoms with Crippen molar-refractivity contribution in [2.24, 2.45) is 5.92 Å². The molecule has 1 amide bonds. The van der Waals surface area contributed by atoms with E-state index in [9.17, 15) is 4.79 Å². The maximum Gasteiger partial charge on any atom is 0.241 e. The second-order valence-electron chi connectivity index (χ2n) is 6.78. The highest BCUT2D eigenvalue weighted by Crippen LogP contribution is 2.23. The van der Waals surface area contributed by atoms with Crippen molar-refractivity contribution in [1.29, 1.82) is 0 Å². The van der Waals surface area contributed by atoms with Gasteiger partial charge in [-0.25, -0.2) is 0 Å². The third-order valence-electron chi connectivity index (χ3n) is 4.38. The Morgan fingerprint density at radius 2 is 1.46 bits per heavy atom. The molecule has 3 heteroatoms. The molecule has 0 aliphatic heterocycles. The maximum absolute atomic E-state index is 12.6. The first kappa shape index (κ1) is 18.2. The molecule has 128 valence electrons. The van der Waals surface area contributed by atoms with Crippen LogP contribution in [0.2, 0.25) is 0 Å². The van der Waals surface area contributed by atoms with Crippen molar-refractivity contribution < 1.29 is 4.79 Å². The van der Waals surface area contributed by atoms with Crippen molar-refractivity contribution >= 4 is 11.6 Å².